The van der Waals surface area contributed by atoms with Gasteiger partial charge in [-0.1, -0.05) is 13.8 Å². The van der Waals surface area contributed by atoms with E-state index in [0.29, 0.717) is 32.0 Å². The van der Waals surface area contributed by atoms with Crippen LogP contribution in [-0.4, -0.2) is 65.2 Å². The number of anilines is 1. The summed E-state index contributed by atoms with van der Waals surface area (Å²) in [6, 6.07) is 2.08. The zero-order chi connectivity index (χ0) is 19.5. The lowest BCUT2D eigenvalue weighted by Gasteiger charge is -2.37. The molecule has 4 rings (SSSR count). The van der Waals surface area contributed by atoms with E-state index in [2.05, 4.69) is 29.8 Å². The molecular formula is C21H29N5O2. The van der Waals surface area contributed by atoms with E-state index in [0.717, 1.165) is 61.4 Å². The van der Waals surface area contributed by atoms with E-state index in [1.807, 2.05) is 11.1 Å². The van der Waals surface area contributed by atoms with E-state index >= 15 is 0 Å². The van der Waals surface area contributed by atoms with Crippen molar-refractivity contribution in [2.45, 2.75) is 39.5 Å². The Kier molecular flexibility index (Phi) is 5.71. The fourth-order valence-corrected chi connectivity index (χ4v) is 4.20. The van der Waals surface area contributed by atoms with Gasteiger partial charge in [0.25, 0.3) is 0 Å². The smallest absolute Gasteiger partial charge is 0.227 e. The highest BCUT2D eigenvalue weighted by Gasteiger charge is 2.30. The molecule has 0 N–H and O–H groups in total. The molecule has 0 radical (unpaired) electrons. The zero-order valence-corrected chi connectivity index (χ0v) is 16.9. The molecule has 7 heteroatoms. The average molecular weight is 383 g/mol. The molecule has 2 saturated heterocycles. The van der Waals surface area contributed by atoms with Crippen LogP contribution in [0, 0.1) is 5.92 Å². The third kappa shape index (κ3) is 3.81. The number of carbonyl (C=O) groups is 1. The highest BCUT2D eigenvalue weighted by Crippen LogP contribution is 2.26. The number of amides is 1. The second-order valence-corrected chi connectivity index (χ2v) is 7.58. The van der Waals surface area contributed by atoms with Crippen LogP contribution in [-0.2, 0) is 22.4 Å². The third-order valence-corrected chi connectivity index (χ3v) is 5.79. The SMILES string of the molecule is CCc1nc2cc(N3CCCC(C(=O)N4CCOCC4)C3)cnc2nc1CC. The van der Waals surface area contributed by atoms with Gasteiger partial charge in [-0.2, -0.15) is 0 Å². The highest BCUT2D eigenvalue weighted by molar-refractivity contribution is 5.80. The standard InChI is InChI=1S/C21H29N5O2/c1-3-17-18(4-2)24-20-19(23-17)12-16(13-22-20)26-7-5-6-15(14-26)21(27)25-8-10-28-11-9-25/h12-13,15H,3-11,14H2,1-2H3. The number of aromatic nitrogens is 3. The first-order chi connectivity index (χ1) is 13.7. The lowest BCUT2D eigenvalue weighted by Crippen LogP contribution is -2.48. The molecular weight excluding hydrogens is 354 g/mol. The molecule has 2 aromatic heterocycles. The largest absolute Gasteiger partial charge is 0.378 e. The summed E-state index contributed by atoms with van der Waals surface area (Å²) in [6.45, 7) is 8.61. The lowest BCUT2D eigenvalue weighted by atomic mass is 9.96. The molecule has 0 saturated carbocycles. The predicted molar refractivity (Wildman–Crippen MR) is 108 cm³/mol. The van der Waals surface area contributed by atoms with Crippen LogP contribution in [0.2, 0.25) is 0 Å². The van der Waals surface area contributed by atoms with Gasteiger partial charge in [0.05, 0.1) is 42.4 Å². The molecule has 1 atom stereocenters. The molecule has 0 aromatic carbocycles. The quantitative estimate of drug-likeness (QED) is 0.806. The van der Waals surface area contributed by atoms with Gasteiger partial charge in [0.15, 0.2) is 5.65 Å². The first-order valence-electron chi connectivity index (χ1n) is 10.5. The molecule has 7 nitrogen and oxygen atoms in total. The van der Waals surface area contributed by atoms with Crippen LogP contribution in [0.3, 0.4) is 0 Å². The molecule has 0 spiro atoms. The fraction of sp³-hybridized carbons (Fsp3) is 0.619. The van der Waals surface area contributed by atoms with Gasteiger partial charge in [-0.05, 0) is 31.7 Å². The maximum atomic E-state index is 12.9. The van der Waals surface area contributed by atoms with Crippen molar-refractivity contribution in [1.82, 2.24) is 19.9 Å². The normalized spacial score (nSPS) is 20.6. The van der Waals surface area contributed by atoms with Gasteiger partial charge in [0, 0.05) is 26.2 Å². The molecule has 2 aliphatic heterocycles. The maximum absolute atomic E-state index is 12.9. The Morgan fingerprint density at radius 2 is 1.89 bits per heavy atom. The Hall–Kier alpha value is -2.28. The van der Waals surface area contributed by atoms with Gasteiger partial charge < -0.3 is 14.5 Å². The summed E-state index contributed by atoms with van der Waals surface area (Å²) in [4.78, 5) is 31.2. The van der Waals surface area contributed by atoms with Crippen molar-refractivity contribution in [2.75, 3.05) is 44.3 Å². The molecule has 28 heavy (non-hydrogen) atoms. The molecule has 2 aromatic rings. The maximum Gasteiger partial charge on any atom is 0.227 e. The van der Waals surface area contributed by atoms with Crippen molar-refractivity contribution in [3.63, 3.8) is 0 Å². The van der Waals surface area contributed by atoms with Crippen LogP contribution in [0.1, 0.15) is 38.1 Å². The van der Waals surface area contributed by atoms with Gasteiger partial charge in [0.1, 0.15) is 5.52 Å². The summed E-state index contributed by atoms with van der Waals surface area (Å²) >= 11 is 0. The Labute approximate surface area is 166 Å². The molecule has 150 valence electrons. The number of fused-ring (bicyclic) bond motifs is 1. The topological polar surface area (TPSA) is 71.5 Å². The molecule has 2 aliphatic rings. The number of pyridine rings is 1. The second kappa shape index (κ2) is 8.39. The number of ether oxygens (including phenoxy) is 1. The monoisotopic (exact) mass is 383 g/mol. The third-order valence-electron chi connectivity index (χ3n) is 5.79. The number of hydrogen-bond donors (Lipinski definition) is 0. The van der Waals surface area contributed by atoms with Crippen LogP contribution in [0.15, 0.2) is 12.3 Å². The van der Waals surface area contributed by atoms with Crippen molar-refractivity contribution < 1.29 is 9.53 Å². The van der Waals surface area contributed by atoms with E-state index in [9.17, 15) is 4.79 Å². The number of aryl methyl sites for hydroxylation is 2. The summed E-state index contributed by atoms with van der Waals surface area (Å²) in [5.41, 5.74) is 4.66. The summed E-state index contributed by atoms with van der Waals surface area (Å²) in [5.74, 6) is 0.310. The van der Waals surface area contributed by atoms with Crippen LogP contribution < -0.4 is 4.90 Å². The Morgan fingerprint density at radius 1 is 1.14 bits per heavy atom. The van der Waals surface area contributed by atoms with E-state index in [1.54, 1.807) is 0 Å². The van der Waals surface area contributed by atoms with Gasteiger partial charge in [-0.15, -0.1) is 0 Å². The number of rotatable bonds is 4. The Morgan fingerprint density at radius 3 is 2.64 bits per heavy atom. The highest BCUT2D eigenvalue weighted by atomic mass is 16.5. The van der Waals surface area contributed by atoms with E-state index in [-0.39, 0.29) is 11.8 Å². The summed E-state index contributed by atoms with van der Waals surface area (Å²) < 4.78 is 5.38. The molecule has 1 amide bonds. The number of carbonyl (C=O) groups excluding carboxylic acids is 1. The van der Waals surface area contributed by atoms with Crippen LogP contribution >= 0.6 is 0 Å². The van der Waals surface area contributed by atoms with E-state index in [4.69, 9.17) is 14.7 Å². The van der Waals surface area contributed by atoms with Crippen molar-refractivity contribution in [2.24, 2.45) is 5.92 Å². The number of morpholine rings is 1. The van der Waals surface area contributed by atoms with Crippen LogP contribution in [0.4, 0.5) is 5.69 Å². The Bertz CT molecular complexity index is 850. The predicted octanol–water partition coefficient (Wildman–Crippen LogP) is 2.22. The van der Waals surface area contributed by atoms with E-state index < -0.39 is 0 Å². The molecule has 1 unspecified atom stereocenters. The minimum absolute atomic E-state index is 0.0438. The molecule has 4 heterocycles. The number of nitrogens with zero attached hydrogens (tertiary/aromatic N) is 5. The van der Waals surface area contributed by atoms with Crippen molar-refractivity contribution >= 4 is 22.8 Å². The minimum Gasteiger partial charge on any atom is -0.378 e. The zero-order valence-electron chi connectivity index (χ0n) is 16.9. The summed E-state index contributed by atoms with van der Waals surface area (Å²) in [7, 11) is 0. The number of hydrogen-bond acceptors (Lipinski definition) is 6. The molecule has 0 bridgehead atoms. The van der Waals surface area contributed by atoms with Crippen molar-refractivity contribution in [3.8, 4) is 0 Å². The van der Waals surface area contributed by atoms with E-state index in [1.165, 1.54) is 0 Å². The first kappa shape index (κ1) is 19.1. The van der Waals surface area contributed by atoms with Crippen LogP contribution in [0.5, 0.6) is 0 Å². The Balaban J connectivity index is 1.54. The van der Waals surface area contributed by atoms with Gasteiger partial charge in [-0.3, -0.25) is 4.79 Å². The molecule has 0 aliphatic carbocycles. The second-order valence-electron chi connectivity index (χ2n) is 7.58. The van der Waals surface area contributed by atoms with Crippen LogP contribution in [0.25, 0.3) is 11.2 Å². The molecule has 2 fully saturated rings. The summed E-state index contributed by atoms with van der Waals surface area (Å²) in [5, 5.41) is 0. The van der Waals surface area contributed by atoms with Crippen molar-refractivity contribution in [1.29, 1.82) is 0 Å². The lowest BCUT2D eigenvalue weighted by molar-refractivity contribution is -0.139. The first-order valence-corrected chi connectivity index (χ1v) is 10.5. The number of piperidine rings is 1. The van der Waals surface area contributed by atoms with Crippen molar-refractivity contribution in [3.05, 3.63) is 23.7 Å². The average Bonchev–Trinajstić information content (AvgIpc) is 2.77. The fourth-order valence-electron chi connectivity index (χ4n) is 4.20. The summed E-state index contributed by atoms with van der Waals surface area (Å²) in [6.07, 6.45) is 5.58. The van der Waals surface area contributed by atoms with Gasteiger partial charge >= 0.3 is 0 Å². The van der Waals surface area contributed by atoms with Gasteiger partial charge in [0.2, 0.25) is 5.91 Å². The minimum atomic E-state index is 0.0438. The van der Waals surface area contributed by atoms with Gasteiger partial charge in [-0.25, -0.2) is 15.0 Å².